The van der Waals surface area contributed by atoms with E-state index in [1.807, 2.05) is 0 Å². The number of rotatable bonds is 2. The number of aromatic nitrogens is 3. The zero-order valence-electron chi connectivity index (χ0n) is 9.93. The molecule has 0 radical (unpaired) electrons. The Hall–Kier alpha value is -1.14. The molecule has 1 N–H and O–H groups in total. The van der Waals surface area contributed by atoms with E-state index in [9.17, 15) is 4.79 Å². The molecule has 16 heavy (non-hydrogen) atoms. The van der Waals surface area contributed by atoms with Crippen LogP contribution >= 0.6 is 0 Å². The van der Waals surface area contributed by atoms with E-state index in [1.54, 1.807) is 7.05 Å². The van der Waals surface area contributed by atoms with Crippen molar-refractivity contribution in [3.63, 3.8) is 0 Å². The zero-order chi connectivity index (χ0) is 11.7. The van der Waals surface area contributed by atoms with Crippen LogP contribution in [0.3, 0.4) is 0 Å². The van der Waals surface area contributed by atoms with Gasteiger partial charge in [-0.2, -0.15) is 5.10 Å². The van der Waals surface area contributed by atoms with Crippen LogP contribution in [0.1, 0.15) is 19.7 Å². The van der Waals surface area contributed by atoms with E-state index in [2.05, 4.69) is 28.8 Å². The standard InChI is InChI=1S/C10H18N4O2/c1-7-8(2)16-5-4-14(7)6-9-11-10(15)13(3)12-9/h7-8H,4-6H2,1-3H3,(H,11,12,15). The van der Waals surface area contributed by atoms with Crippen molar-refractivity contribution in [1.29, 1.82) is 0 Å². The van der Waals surface area contributed by atoms with E-state index >= 15 is 0 Å². The van der Waals surface area contributed by atoms with Gasteiger partial charge in [0.2, 0.25) is 0 Å². The maximum Gasteiger partial charge on any atom is 0.343 e. The van der Waals surface area contributed by atoms with Gasteiger partial charge >= 0.3 is 5.69 Å². The monoisotopic (exact) mass is 226 g/mol. The molecule has 6 nitrogen and oxygen atoms in total. The molecule has 2 atom stereocenters. The van der Waals surface area contributed by atoms with Gasteiger partial charge in [-0.1, -0.05) is 0 Å². The van der Waals surface area contributed by atoms with Crippen molar-refractivity contribution < 1.29 is 4.74 Å². The summed E-state index contributed by atoms with van der Waals surface area (Å²) >= 11 is 0. The number of nitrogens with one attached hydrogen (secondary N) is 1. The molecule has 0 aromatic carbocycles. The molecular weight excluding hydrogens is 208 g/mol. The average Bonchev–Trinajstić information content (AvgIpc) is 2.54. The number of aryl methyl sites for hydroxylation is 1. The van der Waals surface area contributed by atoms with E-state index in [4.69, 9.17) is 4.74 Å². The number of hydrogen-bond acceptors (Lipinski definition) is 4. The van der Waals surface area contributed by atoms with E-state index in [0.29, 0.717) is 18.4 Å². The summed E-state index contributed by atoms with van der Waals surface area (Å²) in [6, 6.07) is 0.347. The second-order valence-electron chi connectivity index (χ2n) is 4.29. The van der Waals surface area contributed by atoms with Crippen LogP contribution in [-0.2, 0) is 18.3 Å². The molecule has 0 amide bonds. The molecule has 0 aliphatic carbocycles. The summed E-state index contributed by atoms with van der Waals surface area (Å²) in [6.45, 7) is 6.49. The number of ether oxygens (including phenoxy) is 1. The molecule has 2 heterocycles. The van der Waals surface area contributed by atoms with Crippen molar-refractivity contribution in [3.8, 4) is 0 Å². The fourth-order valence-corrected chi connectivity index (χ4v) is 1.94. The molecule has 1 aliphatic heterocycles. The molecule has 90 valence electrons. The fraction of sp³-hybridized carbons (Fsp3) is 0.800. The molecule has 1 saturated heterocycles. The second-order valence-corrected chi connectivity index (χ2v) is 4.29. The Balaban J connectivity index is 2.06. The van der Waals surface area contributed by atoms with Crippen LogP contribution in [0.15, 0.2) is 4.79 Å². The Morgan fingerprint density at radius 2 is 2.31 bits per heavy atom. The van der Waals surface area contributed by atoms with Gasteiger partial charge in [-0.25, -0.2) is 9.48 Å². The Labute approximate surface area is 94.2 Å². The normalized spacial score (nSPS) is 27.2. The first-order valence-electron chi connectivity index (χ1n) is 5.56. The zero-order valence-corrected chi connectivity index (χ0v) is 9.93. The minimum atomic E-state index is -0.163. The Morgan fingerprint density at radius 1 is 1.56 bits per heavy atom. The molecule has 0 bridgehead atoms. The highest BCUT2D eigenvalue weighted by molar-refractivity contribution is 4.86. The van der Waals surface area contributed by atoms with Crippen molar-refractivity contribution in [2.45, 2.75) is 32.5 Å². The van der Waals surface area contributed by atoms with Crippen LogP contribution in [0.25, 0.3) is 0 Å². The second kappa shape index (κ2) is 4.39. The van der Waals surface area contributed by atoms with Gasteiger partial charge in [0, 0.05) is 19.6 Å². The summed E-state index contributed by atoms with van der Waals surface area (Å²) in [5.41, 5.74) is -0.163. The Kier molecular flexibility index (Phi) is 3.11. The lowest BCUT2D eigenvalue weighted by Gasteiger charge is -2.37. The predicted molar refractivity (Wildman–Crippen MR) is 59.1 cm³/mol. The van der Waals surface area contributed by atoms with Crippen LogP contribution in [0.5, 0.6) is 0 Å². The van der Waals surface area contributed by atoms with E-state index in [-0.39, 0.29) is 11.8 Å². The maximum absolute atomic E-state index is 11.2. The predicted octanol–water partition coefficient (Wildman–Crippen LogP) is -0.282. The van der Waals surface area contributed by atoms with Gasteiger partial charge in [0.15, 0.2) is 0 Å². The molecule has 2 rings (SSSR count). The maximum atomic E-state index is 11.2. The SMILES string of the molecule is CC1OCCN(Cc2nn(C)c(=O)[nH]2)C1C. The largest absolute Gasteiger partial charge is 0.376 e. The highest BCUT2D eigenvalue weighted by atomic mass is 16.5. The third kappa shape index (κ3) is 2.17. The summed E-state index contributed by atoms with van der Waals surface area (Å²) in [5.74, 6) is 0.716. The van der Waals surface area contributed by atoms with Gasteiger partial charge in [0.25, 0.3) is 0 Å². The van der Waals surface area contributed by atoms with Gasteiger partial charge < -0.3 is 4.74 Å². The molecule has 1 fully saturated rings. The summed E-state index contributed by atoms with van der Waals surface area (Å²) in [6.07, 6.45) is 0.226. The molecule has 1 aromatic heterocycles. The van der Waals surface area contributed by atoms with E-state index in [1.165, 1.54) is 4.68 Å². The highest BCUT2D eigenvalue weighted by Gasteiger charge is 2.26. The molecule has 1 aliphatic rings. The van der Waals surface area contributed by atoms with Crippen molar-refractivity contribution >= 4 is 0 Å². The van der Waals surface area contributed by atoms with Gasteiger partial charge in [-0.15, -0.1) is 0 Å². The fourth-order valence-electron chi connectivity index (χ4n) is 1.94. The van der Waals surface area contributed by atoms with Crippen LogP contribution < -0.4 is 5.69 Å². The van der Waals surface area contributed by atoms with Gasteiger partial charge in [0.05, 0.1) is 19.3 Å². The third-order valence-corrected chi connectivity index (χ3v) is 3.18. The molecule has 0 saturated carbocycles. The van der Waals surface area contributed by atoms with Crippen LogP contribution in [0, 0.1) is 0 Å². The smallest absolute Gasteiger partial charge is 0.343 e. The van der Waals surface area contributed by atoms with Gasteiger partial charge in [-0.3, -0.25) is 9.88 Å². The van der Waals surface area contributed by atoms with E-state index in [0.717, 1.165) is 13.2 Å². The number of morpholine rings is 1. The lowest BCUT2D eigenvalue weighted by molar-refractivity contribution is -0.0592. The van der Waals surface area contributed by atoms with Crippen LogP contribution in [0.2, 0.25) is 0 Å². The average molecular weight is 226 g/mol. The molecular formula is C10H18N4O2. The van der Waals surface area contributed by atoms with Crippen molar-refractivity contribution in [1.82, 2.24) is 19.7 Å². The summed E-state index contributed by atoms with van der Waals surface area (Å²) in [4.78, 5) is 16.2. The molecule has 1 aromatic rings. The molecule has 6 heteroatoms. The lowest BCUT2D eigenvalue weighted by atomic mass is 10.1. The van der Waals surface area contributed by atoms with Crippen molar-refractivity contribution in [2.75, 3.05) is 13.2 Å². The topological polar surface area (TPSA) is 63.1 Å². The van der Waals surface area contributed by atoms with Gasteiger partial charge in [-0.05, 0) is 13.8 Å². The van der Waals surface area contributed by atoms with Crippen molar-refractivity contribution in [2.24, 2.45) is 7.05 Å². The number of hydrogen-bond donors (Lipinski definition) is 1. The summed E-state index contributed by atoms with van der Waals surface area (Å²) < 4.78 is 6.87. The first-order chi connectivity index (χ1) is 7.58. The molecule has 0 spiro atoms. The van der Waals surface area contributed by atoms with E-state index < -0.39 is 0 Å². The molecule has 2 unspecified atom stereocenters. The van der Waals surface area contributed by atoms with Crippen LogP contribution in [0.4, 0.5) is 0 Å². The number of nitrogens with zero attached hydrogens (tertiary/aromatic N) is 3. The summed E-state index contributed by atoms with van der Waals surface area (Å²) in [5, 5.41) is 4.13. The third-order valence-electron chi connectivity index (χ3n) is 3.18. The van der Waals surface area contributed by atoms with Crippen LogP contribution in [-0.4, -0.2) is 45.0 Å². The lowest BCUT2D eigenvalue weighted by Crippen LogP contribution is -2.48. The first kappa shape index (κ1) is 11.3. The Morgan fingerprint density at radius 3 is 2.94 bits per heavy atom. The highest BCUT2D eigenvalue weighted by Crippen LogP contribution is 2.14. The Bertz CT molecular complexity index is 411. The minimum absolute atomic E-state index is 0.163. The van der Waals surface area contributed by atoms with Crippen molar-refractivity contribution in [3.05, 3.63) is 16.3 Å². The number of aromatic amines is 1. The number of H-pyrrole nitrogens is 1. The van der Waals surface area contributed by atoms with Gasteiger partial charge in [0.1, 0.15) is 5.82 Å². The first-order valence-corrected chi connectivity index (χ1v) is 5.56. The minimum Gasteiger partial charge on any atom is -0.376 e. The quantitative estimate of drug-likeness (QED) is 0.753. The summed E-state index contributed by atoms with van der Waals surface area (Å²) in [7, 11) is 1.65.